The van der Waals surface area contributed by atoms with E-state index in [0.29, 0.717) is 37.0 Å². The Morgan fingerprint density at radius 3 is 2.58 bits per heavy atom. The Bertz CT molecular complexity index is 704. The van der Waals surface area contributed by atoms with Crippen molar-refractivity contribution < 1.29 is 14.3 Å². The number of hydrogen-bond donors (Lipinski definition) is 2. The molecule has 7 nitrogen and oxygen atoms in total. The van der Waals surface area contributed by atoms with E-state index in [2.05, 4.69) is 20.6 Å². The third-order valence-corrected chi connectivity index (χ3v) is 3.76. The van der Waals surface area contributed by atoms with Gasteiger partial charge in [-0.3, -0.25) is 4.79 Å². The summed E-state index contributed by atoms with van der Waals surface area (Å²) in [5, 5.41) is 6.08. The lowest BCUT2D eigenvalue weighted by Crippen LogP contribution is -2.26. The first-order valence-corrected chi connectivity index (χ1v) is 8.62. The normalized spacial score (nSPS) is 10.4. The van der Waals surface area contributed by atoms with Crippen LogP contribution in [-0.2, 0) is 11.2 Å². The number of hydrogen-bond acceptors (Lipinski definition) is 6. The molecule has 2 aromatic rings. The van der Waals surface area contributed by atoms with E-state index in [9.17, 15) is 4.79 Å². The smallest absolute Gasteiger partial charge is 0.270 e. The molecule has 0 saturated carbocycles. The Kier molecular flexibility index (Phi) is 7.82. The zero-order valence-electron chi connectivity index (χ0n) is 15.5. The lowest BCUT2D eigenvalue weighted by atomic mass is 10.1. The molecular weight excluding hydrogens is 332 g/mol. The van der Waals surface area contributed by atoms with Gasteiger partial charge in [0, 0.05) is 32.9 Å². The van der Waals surface area contributed by atoms with Gasteiger partial charge in [-0.25, -0.2) is 9.97 Å². The third-order valence-electron chi connectivity index (χ3n) is 3.76. The van der Waals surface area contributed by atoms with E-state index in [1.54, 1.807) is 27.2 Å². The predicted octanol–water partition coefficient (Wildman–Crippen LogP) is 2.21. The molecule has 26 heavy (non-hydrogen) atoms. The van der Waals surface area contributed by atoms with Crippen molar-refractivity contribution in [3.05, 3.63) is 47.4 Å². The number of ether oxygens (including phenoxy) is 2. The molecule has 1 amide bonds. The quantitative estimate of drug-likeness (QED) is 0.634. The molecule has 0 spiro atoms. The largest absolute Gasteiger partial charge is 0.497 e. The topological polar surface area (TPSA) is 85.4 Å². The lowest BCUT2D eigenvalue weighted by Gasteiger charge is -2.09. The fourth-order valence-electron chi connectivity index (χ4n) is 2.41. The van der Waals surface area contributed by atoms with E-state index in [1.165, 1.54) is 5.56 Å². The molecule has 0 atom stereocenters. The van der Waals surface area contributed by atoms with Crippen LogP contribution in [0, 0.1) is 6.92 Å². The molecule has 0 radical (unpaired) electrons. The van der Waals surface area contributed by atoms with E-state index in [1.807, 2.05) is 24.3 Å². The summed E-state index contributed by atoms with van der Waals surface area (Å²) in [6, 6.07) is 9.62. The summed E-state index contributed by atoms with van der Waals surface area (Å²) in [7, 11) is 3.29. The van der Waals surface area contributed by atoms with Gasteiger partial charge in [0.15, 0.2) is 0 Å². The number of aromatic nitrogens is 2. The number of anilines is 1. The first kappa shape index (κ1) is 19.7. The molecule has 0 fully saturated rings. The molecule has 0 unspecified atom stereocenters. The van der Waals surface area contributed by atoms with E-state index >= 15 is 0 Å². The van der Waals surface area contributed by atoms with Gasteiger partial charge in [0.05, 0.1) is 7.11 Å². The minimum Gasteiger partial charge on any atom is -0.497 e. The Morgan fingerprint density at radius 1 is 1.12 bits per heavy atom. The first-order valence-electron chi connectivity index (χ1n) is 8.62. The van der Waals surface area contributed by atoms with Gasteiger partial charge in [-0.1, -0.05) is 12.1 Å². The van der Waals surface area contributed by atoms with Crippen molar-refractivity contribution in [3.63, 3.8) is 0 Å². The average molecular weight is 358 g/mol. The second kappa shape index (κ2) is 10.4. The molecule has 140 valence electrons. The molecular formula is C19H26N4O3. The highest BCUT2D eigenvalue weighted by atomic mass is 16.5. The number of rotatable bonds is 10. The maximum Gasteiger partial charge on any atom is 0.270 e. The summed E-state index contributed by atoms with van der Waals surface area (Å²) in [4.78, 5) is 20.7. The minimum atomic E-state index is -0.204. The molecule has 1 aromatic heterocycles. The lowest BCUT2D eigenvalue weighted by molar-refractivity contribution is 0.0943. The zero-order valence-corrected chi connectivity index (χ0v) is 15.5. The van der Waals surface area contributed by atoms with Gasteiger partial charge in [0.2, 0.25) is 0 Å². The van der Waals surface area contributed by atoms with Crippen LogP contribution in [0.25, 0.3) is 0 Å². The summed E-state index contributed by atoms with van der Waals surface area (Å²) in [5.41, 5.74) is 1.56. The summed E-state index contributed by atoms with van der Waals surface area (Å²) in [6.45, 7) is 3.64. The van der Waals surface area contributed by atoms with Gasteiger partial charge in [0.25, 0.3) is 5.91 Å². The number of nitrogens with one attached hydrogen (secondary N) is 2. The molecule has 0 aliphatic heterocycles. The van der Waals surface area contributed by atoms with Gasteiger partial charge in [-0.05, 0) is 37.5 Å². The van der Waals surface area contributed by atoms with E-state index < -0.39 is 0 Å². The number of carbonyl (C=O) groups is 1. The summed E-state index contributed by atoms with van der Waals surface area (Å²) < 4.78 is 10.1. The van der Waals surface area contributed by atoms with Crippen LogP contribution < -0.4 is 15.4 Å². The van der Waals surface area contributed by atoms with Gasteiger partial charge in [0.1, 0.15) is 23.1 Å². The number of carbonyl (C=O) groups excluding carboxylic acids is 1. The van der Waals surface area contributed by atoms with E-state index in [-0.39, 0.29) is 5.91 Å². The predicted molar refractivity (Wildman–Crippen MR) is 101 cm³/mol. The van der Waals surface area contributed by atoms with Crippen LogP contribution in [0.2, 0.25) is 0 Å². The molecule has 2 N–H and O–H groups in total. The highest BCUT2D eigenvalue weighted by Gasteiger charge is 2.10. The van der Waals surface area contributed by atoms with Crippen molar-refractivity contribution in [3.8, 4) is 5.75 Å². The fourth-order valence-corrected chi connectivity index (χ4v) is 2.41. The number of aryl methyl sites for hydroxylation is 1. The standard InChI is InChI=1S/C19H26N4O3/c1-14-22-17(19(24)21-10-4-12-25-2)13-18(23-14)20-11-9-15-5-7-16(26-3)8-6-15/h5-8,13H,4,9-12H2,1-3H3,(H,21,24)(H,20,22,23). The van der Waals surface area contributed by atoms with Crippen molar-refractivity contribution in [2.75, 3.05) is 39.2 Å². The summed E-state index contributed by atoms with van der Waals surface area (Å²) >= 11 is 0. The van der Waals surface area contributed by atoms with Crippen LogP contribution in [0.1, 0.15) is 28.3 Å². The number of benzene rings is 1. The van der Waals surface area contributed by atoms with Crippen molar-refractivity contribution in [2.45, 2.75) is 19.8 Å². The molecule has 1 heterocycles. The summed E-state index contributed by atoms with van der Waals surface area (Å²) in [6.07, 6.45) is 1.60. The zero-order chi connectivity index (χ0) is 18.8. The number of nitrogens with zero attached hydrogens (tertiary/aromatic N) is 2. The first-order chi connectivity index (χ1) is 12.6. The van der Waals surface area contributed by atoms with E-state index in [4.69, 9.17) is 9.47 Å². The molecule has 1 aromatic carbocycles. The van der Waals surface area contributed by atoms with Gasteiger partial charge >= 0.3 is 0 Å². The highest BCUT2D eigenvalue weighted by molar-refractivity contribution is 5.92. The Labute approximate surface area is 154 Å². The van der Waals surface area contributed by atoms with Crippen LogP contribution >= 0.6 is 0 Å². The maximum atomic E-state index is 12.2. The van der Waals surface area contributed by atoms with E-state index in [0.717, 1.165) is 18.6 Å². The SMILES string of the molecule is COCCCNC(=O)c1cc(NCCc2ccc(OC)cc2)nc(C)n1. The second-order valence-corrected chi connectivity index (χ2v) is 5.81. The molecule has 0 aliphatic carbocycles. The van der Waals surface area contributed by atoms with Crippen molar-refractivity contribution in [1.29, 1.82) is 0 Å². The Morgan fingerprint density at radius 2 is 1.88 bits per heavy atom. The molecule has 0 saturated heterocycles. The van der Waals surface area contributed by atoms with Crippen molar-refractivity contribution in [2.24, 2.45) is 0 Å². The minimum absolute atomic E-state index is 0.204. The van der Waals surface area contributed by atoms with Crippen LogP contribution in [-0.4, -0.2) is 49.8 Å². The maximum absolute atomic E-state index is 12.2. The Balaban J connectivity index is 1.88. The van der Waals surface area contributed by atoms with Crippen molar-refractivity contribution in [1.82, 2.24) is 15.3 Å². The van der Waals surface area contributed by atoms with Gasteiger partial charge < -0.3 is 20.1 Å². The monoisotopic (exact) mass is 358 g/mol. The van der Waals surface area contributed by atoms with Crippen LogP contribution in [0.3, 0.4) is 0 Å². The van der Waals surface area contributed by atoms with Crippen LogP contribution in [0.5, 0.6) is 5.75 Å². The third kappa shape index (κ3) is 6.33. The van der Waals surface area contributed by atoms with Crippen LogP contribution in [0.4, 0.5) is 5.82 Å². The van der Waals surface area contributed by atoms with Gasteiger partial charge in [-0.2, -0.15) is 0 Å². The fraction of sp³-hybridized carbons (Fsp3) is 0.421. The van der Waals surface area contributed by atoms with Crippen molar-refractivity contribution >= 4 is 11.7 Å². The average Bonchev–Trinajstić information content (AvgIpc) is 2.65. The van der Waals surface area contributed by atoms with Gasteiger partial charge in [-0.15, -0.1) is 0 Å². The molecule has 7 heteroatoms. The summed E-state index contributed by atoms with van der Waals surface area (Å²) in [5.74, 6) is 1.84. The highest BCUT2D eigenvalue weighted by Crippen LogP contribution is 2.12. The molecule has 0 bridgehead atoms. The number of methoxy groups -OCH3 is 2. The molecule has 0 aliphatic rings. The Hall–Kier alpha value is -2.67. The number of amides is 1. The van der Waals surface area contributed by atoms with Crippen LogP contribution in [0.15, 0.2) is 30.3 Å². The second-order valence-electron chi connectivity index (χ2n) is 5.81. The molecule has 2 rings (SSSR count).